The van der Waals surface area contributed by atoms with E-state index in [9.17, 15) is 0 Å². The summed E-state index contributed by atoms with van der Waals surface area (Å²) in [7, 11) is 3.61. The smallest absolute Gasteiger partial charge is 0.193 e. The number of methoxy groups -OCH3 is 1. The molecule has 0 amide bonds. The molecule has 2 aliphatic heterocycles. The highest BCUT2D eigenvalue weighted by molar-refractivity contribution is 5.80. The molecule has 146 valence electrons. The Bertz CT molecular complexity index is 384. The van der Waals surface area contributed by atoms with Gasteiger partial charge in [0.2, 0.25) is 0 Å². The molecular formula is C19H38N4O2. The van der Waals surface area contributed by atoms with Gasteiger partial charge in [-0.2, -0.15) is 0 Å². The molecule has 0 aromatic carbocycles. The lowest BCUT2D eigenvalue weighted by molar-refractivity contribution is 0.0536. The maximum Gasteiger partial charge on any atom is 0.193 e. The third kappa shape index (κ3) is 7.12. The molecule has 2 fully saturated rings. The predicted molar refractivity (Wildman–Crippen MR) is 103 cm³/mol. The molecule has 6 heteroatoms. The van der Waals surface area contributed by atoms with Crippen LogP contribution in [0.3, 0.4) is 0 Å². The van der Waals surface area contributed by atoms with Gasteiger partial charge < -0.3 is 24.6 Å². The largest absolute Gasteiger partial charge is 0.382 e. The maximum atomic E-state index is 5.69. The van der Waals surface area contributed by atoms with Crippen LogP contribution in [0, 0.1) is 11.8 Å². The van der Waals surface area contributed by atoms with Crippen LogP contribution in [0.1, 0.15) is 32.6 Å². The first-order valence-electron chi connectivity index (χ1n) is 10.0. The molecule has 1 atom stereocenters. The van der Waals surface area contributed by atoms with Gasteiger partial charge in [0.05, 0.1) is 19.8 Å². The summed E-state index contributed by atoms with van der Waals surface area (Å²) < 4.78 is 10.7. The predicted octanol–water partition coefficient (Wildman–Crippen LogP) is 1.67. The average Bonchev–Trinajstić information content (AvgIpc) is 3.10. The van der Waals surface area contributed by atoms with Gasteiger partial charge in [-0.15, -0.1) is 0 Å². The van der Waals surface area contributed by atoms with Crippen LogP contribution < -0.4 is 5.32 Å². The first kappa shape index (κ1) is 20.5. The summed E-state index contributed by atoms with van der Waals surface area (Å²) in [5.74, 6) is 2.45. The Balaban J connectivity index is 1.64. The lowest BCUT2D eigenvalue weighted by Gasteiger charge is -2.32. The van der Waals surface area contributed by atoms with Crippen molar-refractivity contribution in [2.45, 2.75) is 32.6 Å². The van der Waals surface area contributed by atoms with E-state index in [2.05, 4.69) is 27.0 Å². The van der Waals surface area contributed by atoms with E-state index in [1.165, 1.54) is 45.3 Å². The van der Waals surface area contributed by atoms with Crippen LogP contribution in [0.5, 0.6) is 0 Å². The number of nitrogens with one attached hydrogen (secondary N) is 1. The lowest BCUT2D eigenvalue weighted by Crippen LogP contribution is -2.44. The zero-order chi connectivity index (χ0) is 17.9. The van der Waals surface area contributed by atoms with E-state index in [1.54, 1.807) is 7.11 Å². The second-order valence-corrected chi connectivity index (χ2v) is 7.38. The Morgan fingerprint density at radius 3 is 2.56 bits per heavy atom. The molecule has 0 aromatic heterocycles. The SMILES string of the molecule is CCCN1CCC(CNC(=NC)N2CCC(COCCOC)C2)CC1. The van der Waals surface area contributed by atoms with Gasteiger partial charge in [0, 0.05) is 39.7 Å². The average molecular weight is 355 g/mol. The summed E-state index contributed by atoms with van der Waals surface area (Å²) >= 11 is 0. The molecule has 0 saturated carbocycles. The Morgan fingerprint density at radius 1 is 1.12 bits per heavy atom. The number of piperidine rings is 1. The first-order valence-corrected chi connectivity index (χ1v) is 10.0. The van der Waals surface area contributed by atoms with Crippen LogP contribution >= 0.6 is 0 Å². The lowest BCUT2D eigenvalue weighted by atomic mass is 9.97. The van der Waals surface area contributed by atoms with E-state index in [4.69, 9.17) is 9.47 Å². The number of nitrogens with zero attached hydrogens (tertiary/aromatic N) is 3. The van der Waals surface area contributed by atoms with E-state index in [-0.39, 0.29) is 0 Å². The number of hydrogen-bond acceptors (Lipinski definition) is 4. The molecule has 2 rings (SSSR count). The fraction of sp³-hybridized carbons (Fsp3) is 0.947. The van der Waals surface area contributed by atoms with Crippen molar-refractivity contribution in [2.24, 2.45) is 16.8 Å². The second kappa shape index (κ2) is 11.7. The highest BCUT2D eigenvalue weighted by Gasteiger charge is 2.26. The number of rotatable bonds is 9. The van der Waals surface area contributed by atoms with Crippen molar-refractivity contribution >= 4 is 5.96 Å². The van der Waals surface area contributed by atoms with Crippen molar-refractivity contribution in [3.8, 4) is 0 Å². The topological polar surface area (TPSA) is 49.3 Å². The number of guanidine groups is 1. The highest BCUT2D eigenvalue weighted by Crippen LogP contribution is 2.18. The second-order valence-electron chi connectivity index (χ2n) is 7.38. The van der Waals surface area contributed by atoms with Gasteiger partial charge in [-0.1, -0.05) is 6.92 Å². The van der Waals surface area contributed by atoms with Crippen molar-refractivity contribution in [2.75, 3.05) is 73.2 Å². The van der Waals surface area contributed by atoms with Gasteiger partial charge in [0.1, 0.15) is 0 Å². The molecule has 6 nitrogen and oxygen atoms in total. The number of hydrogen-bond donors (Lipinski definition) is 1. The molecule has 25 heavy (non-hydrogen) atoms. The van der Waals surface area contributed by atoms with Gasteiger partial charge >= 0.3 is 0 Å². The van der Waals surface area contributed by atoms with Gasteiger partial charge in [0.25, 0.3) is 0 Å². The molecule has 0 radical (unpaired) electrons. The number of likely N-dealkylation sites (tertiary alicyclic amines) is 2. The van der Waals surface area contributed by atoms with E-state index < -0.39 is 0 Å². The van der Waals surface area contributed by atoms with Crippen molar-refractivity contribution in [3.05, 3.63) is 0 Å². The quantitative estimate of drug-likeness (QED) is 0.388. The van der Waals surface area contributed by atoms with E-state index in [0.29, 0.717) is 19.1 Å². The van der Waals surface area contributed by atoms with Crippen molar-refractivity contribution in [3.63, 3.8) is 0 Å². The molecular weight excluding hydrogens is 316 g/mol. The van der Waals surface area contributed by atoms with E-state index in [1.807, 2.05) is 7.05 Å². The van der Waals surface area contributed by atoms with Crippen LogP contribution in [0.2, 0.25) is 0 Å². The van der Waals surface area contributed by atoms with Crippen molar-refractivity contribution in [1.82, 2.24) is 15.1 Å². The van der Waals surface area contributed by atoms with Gasteiger partial charge in [-0.25, -0.2) is 0 Å². The van der Waals surface area contributed by atoms with Gasteiger partial charge in [-0.05, 0) is 51.2 Å². The van der Waals surface area contributed by atoms with Crippen LogP contribution in [-0.4, -0.2) is 89.0 Å². The Labute approximate surface area is 153 Å². The fourth-order valence-electron chi connectivity index (χ4n) is 3.85. The molecule has 2 heterocycles. The number of ether oxygens (including phenoxy) is 2. The van der Waals surface area contributed by atoms with Crippen LogP contribution in [-0.2, 0) is 9.47 Å². The highest BCUT2D eigenvalue weighted by atomic mass is 16.5. The minimum atomic E-state index is 0.604. The summed E-state index contributed by atoms with van der Waals surface area (Å²) in [6, 6.07) is 0. The van der Waals surface area contributed by atoms with Crippen LogP contribution in [0.15, 0.2) is 4.99 Å². The Hall–Kier alpha value is -0.850. The van der Waals surface area contributed by atoms with Gasteiger partial charge in [0.15, 0.2) is 5.96 Å². The molecule has 0 spiro atoms. The van der Waals surface area contributed by atoms with Crippen LogP contribution in [0.4, 0.5) is 0 Å². The monoisotopic (exact) mass is 354 g/mol. The zero-order valence-electron chi connectivity index (χ0n) is 16.5. The summed E-state index contributed by atoms with van der Waals surface area (Å²) in [5.41, 5.74) is 0. The van der Waals surface area contributed by atoms with Crippen LogP contribution in [0.25, 0.3) is 0 Å². The summed E-state index contributed by atoms with van der Waals surface area (Å²) in [4.78, 5) is 9.49. The minimum Gasteiger partial charge on any atom is -0.382 e. The number of aliphatic imine (C=N–C) groups is 1. The standard InChI is InChI=1S/C19H38N4O2/c1-4-8-22-9-5-17(6-10-22)14-21-19(20-2)23-11-7-18(15-23)16-25-13-12-24-3/h17-18H,4-16H2,1-3H3,(H,20,21). The summed E-state index contributed by atoms with van der Waals surface area (Å²) in [6.45, 7) is 11.4. The molecule has 0 aliphatic carbocycles. The minimum absolute atomic E-state index is 0.604. The summed E-state index contributed by atoms with van der Waals surface area (Å²) in [6.07, 6.45) is 5.06. The van der Waals surface area contributed by atoms with Gasteiger partial charge in [-0.3, -0.25) is 4.99 Å². The Kier molecular flexibility index (Phi) is 9.58. The third-order valence-electron chi connectivity index (χ3n) is 5.38. The van der Waals surface area contributed by atoms with E-state index in [0.717, 1.165) is 38.1 Å². The molecule has 1 N–H and O–H groups in total. The maximum absolute atomic E-state index is 5.69. The molecule has 2 saturated heterocycles. The molecule has 1 unspecified atom stereocenters. The molecule has 0 bridgehead atoms. The third-order valence-corrected chi connectivity index (χ3v) is 5.38. The Morgan fingerprint density at radius 2 is 1.88 bits per heavy atom. The van der Waals surface area contributed by atoms with Crippen molar-refractivity contribution < 1.29 is 9.47 Å². The van der Waals surface area contributed by atoms with E-state index >= 15 is 0 Å². The summed E-state index contributed by atoms with van der Waals surface area (Å²) in [5, 5.41) is 3.62. The zero-order valence-corrected chi connectivity index (χ0v) is 16.5. The molecule has 2 aliphatic rings. The van der Waals surface area contributed by atoms with Crippen molar-refractivity contribution in [1.29, 1.82) is 0 Å². The molecule has 0 aromatic rings. The first-order chi connectivity index (χ1) is 12.3. The fourth-order valence-corrected chi connectivity index (χ4v) is 3.85. The normalized spacial score (nSPS) is 23.4.